The van der Waals surface area contributed by atoms with E-state index in [0.717, 1.165) is 0 Å². The van der Waals surface area contributed by atoms with Gasteiger partial charge in [0, 0.05) is 6.07 Å². The van der Waals surface area contributed by atoms with Crippen molar-refractivity contribution in [3.63, 3.8) is 0 Å². The van der Waals surface area contributed by atoms with E-state index in [-0.39, 0.29) is 5.88 Å². The standard InChI is InChI=1S/C10H12ClN3O3/c1-2-17-9-4-3-7(6-12-9)13-10(16)14-8(15)5-11/h3-4,6H,2,5H2,1H3,(H2,13,14,15,16). The molecule has 3 amide bonds. The highest BCUT2D eigenvalue weighted by Crippen LogP contribution is 2.11. The predicted molar refractivity (Wildman–Crippen MR) is 63.3 cm³/mol. The lowest BCUT2D eigenvalue weighted by Gasteiger charge is -2.06. The monoisotopic (exact) mass is 257 g/mol. The van der Waals surface area contributed by atoms with E-state index in [1.54, 1.807) is 12.1 Å². The van der Waals surface area contributed by atoms with E-state index in [4.69, 9.17) is 16.3 Å². The van der Waals surface area contributed by atoms with Crippen LogP contribution in [0.15, 0.2) is 18.3 Å². The Hall–Kier alpha value is -1.82. The molecule has 17 heavy (non-hydrogen) atoms. The number of carbonyl (C=O) groups excluding carboxylic acids is 2. The number of alkyl halides is 1. The predicted octanol–water partition coefficient (Wildman–Crippen LogP) is 1.37. The normalized spacial score (nSPS) is 9.53. The molecule has 1 aromatic heterocycles. The first-order valence-electron chi connectivity index (χ1n) is 4.91. The summed E-state index contributed by atoms with van der Waals surface area (Å²) in [5.41, 5.74) is 0.452. The molecule has 0 radical (unpaired) electrons. The second-order valence-corrected chi connectivity index (χ2v) is 3.22. The van der Waals surface area contributed by atoms with Crippen molar-refractivity contribution in [2.75, 3.05) is 17.8 Å². The van der Waals surface area contributed by atoms with E-state index in [2.05, 4.69) is 10.3 Å². The number of nitrogens with zero attached hydrogens (tertiary/aromatic N) is 1. The fraction of sp³-hybridized carbons (Fsp3) is 0.300. The molecular weight excluding hydrogens is 246 g/mol. The zero-order chi connectivity index (χ0) is 12.7. The zero-order valence-electron chi connectivity index (χ0n) is 9.20. The van der Waals surface area contributed by atoms with E-state index in [9.17, 15) is 9.59 Å². The lowest BCUT2D eigenvalue weighted by molar-refractivity contribution is -0.117. The third-order valence-electron chi connectivity index (χ3n) is 1.66. The van der Waals surface area contributed by atoms with E-state index >= 15 is 0 Å². The Kier molecular flexibility index (Phi) is 5.22. The second-order valence-electron chi connectivity index (χ2n) is 2.95. The van der Waals surface area contributed by atoms with Gasteiger partial charge in [-0.1, -0.05) is 0 Å². The molecule has 7 heteroatoms. The summed E-state index contributed by atoms with van der Waals surface area (Å²) in [6, 6.07) is 2.58. The lowest BCUT2D eigenvalue weighted by atomic mass is 10.4. The third-order valence-corrected chi connectivity index (χ3v) is 1.90. The van der Waals surface area contributed by atoms with Gasteiger partial charge in [-0.3, -0.25) is 10.1 Å². The molecule has 0 fully saturated rings. The second kappa shape index (κ2) is 6.70. The molecule has 92 valence electrons. The fourth-order valence-electron chi connectivity index (χ4n) is 1.01. The molecule has 0 saturated heterocycles. The zero-order valence-corrected chi connectivity index (χ0v) is 9.95. The summed E-state index contributed by atoms with van der Waals surface area (Å²) in [4.78, 5) is 26.0. The molecule has 0 saturated carbocycles. The quantitative estimate of drug-likeness (QED) is 0.799. The van der Waals surface area contributed by atoms with Crippen LogP contribution in [-0.2, 0) is 4.79 Å². The van der Waals surface area contributed by atoms with Crippen LogP contribution in [0.4, 0.5) is 10.5 Å². The smallest absolute Gasteiger partial charge is 0.325 e. The minimum Gasteiger partial charge on any atom is -0.478 e. The summed E-state index contributed by atoms with van der Waals surface area (Å²) >= 11 is 5.23. The number of amides is 3. The van der Waals surface area contributed by atoms with Crippen molar-refractivity contribution < 1.29 is 14.3 Å². The van der Waals surface area contributed by atoms with Crippen LogP contribution >= 0.6 is 11.6 Å². The molecule has 0 aliphatic rings. The van der Waals surface area contributed by atoms with Crippen molar-refractivity contribution in [2.24, 2.45) is 0 Å². The third kappa shape index (κ3) is 4.69. The van der Waals surface area contributed by atoms with Crippen molar-refractivity contribution in [3.8, 4) is 5.88 Å². The molecule has 1 aromatic rings. The summed E-state index contributed by atoms with van der Waals surface area (Å²) in [6.07, 6.45) is 1.43. The molecule has 0 bridgehead atoms. The molecule has 2 N–H and O–H groups in total. The number of halogens is 1. The molecule has 1 rings (SSSR count). The number of hydrogen-bond acceptors (Lipinski definition) is 4. The number of carbonyl (C=O) groups is 2. The average Bonchev–Trinajstić information content (AvgIpc) is 2.31. The van der Waals surface area contributed by atoms with Crippen molar-refractivity contribution >= 4 is 29.2 Å². The minimum absolute atomic E-state index is 0.269. The first-order chi connectivity index (χ1) is 8.15. The van der Waals surface area contributed by atoms with Gasteiger partial charge in [0.2, 0.25) is 11.8 Å². The topological polar surface area (TPSA) is 80.3 Å². The first kappa shape index (κ1) is 13.2. The number of hydrogen-bond donors (Lipinski definition) is 2. The van der Waals surface area contributed by atoms with E-state index < -0.39 is 11.9 Å². The molecule has 1 heterocycles. The number of imide groups is 1. The van der Waals surface area contributed by atoms with Gasteiger partial charge in [-0.2, -0.15) is 0 Å². The Morgan fingerprint density at radius 2 is 2.24 bits per heavy atom. The number of ether oxygens (including phenoxy) is 1. The molecule has 0 aliphatic carbocycles. The minimum atomic E-state index is -0.651. The fourth-order valence-corrected chi connectivity index (χ4v) is 1.08. The first-order valence-corrected chi connectivity index (χ1v) is 5.44. The number of pyridine rings is 1. The molecule has 6 nitrogen and oxygen atoms in total. The Morgan fingerprint density at radius 3 is 2.76 bits per heavy atom. The van der Waals surface area contributed by atoms with Gasteiger partial charge in [-0.15, -0.1) is 11.6 Å². The van der Waals surface area contributed by atoms with Gasteiger partial charge in [0.25, 0.3) is 0 Å². The van der Waals surface area contributed by atoms with Crippen molar-refractivity contribution in [2.45, 2.75) is 6.92 Å². The van der Waals surface area contributed by atoms with E-state index in [0.29, 0.717) is 18.2 Å². The van der Waals surface area contributed by atoms with Crippen LogP contribution in [0.2, 0.25) is 0 Å². The van der Waals surface area contributed by atoms with Gasteiger partial charge in [-0.25, -0.2) is 9.78 Å². The average molecular weight is 258 g/mol. The van der Waals surface area contributed by atoms with Gasteiger partial charge in [0.15, 0.2) is 0 Å². The summed E-state index contributed by atoms with van der Waals surface area (Å²) in [6.45, 7) is 2.36. The number of nitrogens with one attached hydrogen (secondary N) is 2. The Balaban J connectivity index is 2.51. The summed E-state index contributed by atoms with van der Waals surface area (Å²) in [5, 5.41) is 4.47. The largest absolute Gasteiger partial charge is 0.478 e. The van der Waals surface area contributed by atoms with Gasteiger partial charge >= 0.3 is 6.03 Å². The van der Waals surface area contributed by atoms with Crippen molar-refractivity contribution in [3.05, 3.63) is 18.3 Å². The van der Waals surface area contributed by atoms with Crippen molar-refractivity contribution in [1.29, 1.82) is 0 Å². The van der Waals surface area contributed by atoms with Crippen LogP contribution in [0.5, 0.6) is 5.88 Å². The highest BCUT2D eigenvalue weighted by Gasteiger charge is 2.06. The van der Waals surface area contributed by atoms with Crippen LogP contribution in [0.3, 0.4) is 0 Å². The van der Waals surface area contributed by atoms with Crippen molar-refractivity contribution in [1.82, 2.24) is 10.3 Å². The number of rotatable bonds is 4. The van der Waals surface area contributed by atoms with Gasteiger partial charge in [0.1, 0.15) is 5.88 Å². The van der Waals surface area contributed by atoms with E-state index in [1.165, 1.54) is 6.20 Å². The molecule has 0 aromatic carbocycles. The maximum Gasteiger partial charge on any atom is 0.325 e. The van der Waals surface area contributed by atoms with E-state index in [1.807, 2.05) is 12.2 Å². The molecule has 0 unspecified atom stereocenters. The molecule has 0 spiro atoms. The molecule has 0 aliphatic heterocycles. The summed E-state index contributed by atoms with van der Waals surface area (Å²) < 4.78 is 5.14. The van der Waals surface area contributed by atoms with Crippen LogP contribution in [0.1, 0.15) is 6.92 Å². The number of aromatic nitrogens is 1. The number of urea groups is 1. The highest BCUT2D eigenvalue weighted by atomic mass is 35.5. The lowest BCUT2D eigenvalue weighted by Crippen LogP contribution is -2.35. The molecule has 0 atom stereocenters. The highest BCUT2D eigenvalue weighted by molar-refractivity contribution is 6.28. The number of anilines is 1. The summed E-state index contributed by atoms with van der Waals surface area (Å²) in [5.74, 6) is -0.368. The van der Waals surface area contributed by atoms with Crippen LogP contribution in [0, 0.1) is 0 Å². The maximum absolute atomic E-state index is 11.2. The van der Waals surface area contributed by atoms with Gasteiger partial charge in [0.05, 0.1) is 18.5 Å². The van der Waals surface area contributed by atoms with Crippen LogP contribution in [0.25, 0.3) is 0 Å². The Labute approximate surface area is 103 Å². The van der Waals surface area contributed by atoms with Gasteiger partial charge in [-0.05, 0) is 13.0 Å². The Bertz CT molecular complexity index is 394. The summed E-state index contributed by atoms with van der Waals surface area (Å²) in [7, 11) is 0. The Morgan fingerprint density at radius 1 is 1.47 bits per heavy atom. The SMILES string of the molecule is CCOc1ccc(NC(=O)NC(=O)CCl)cn1. The maximum atomic E-state index is 11.2. The van der Waals surface area contributed by atoms with Gasteiger partial charge < -0.3 is 10.1 Å². The molecular formula is C10H12ClN3O3. The van der Waals surface area contributed by atoms with Crippen LogP contribution < -0.4 is 15.4 Å². The van der Waals surface area contributed by atoms with Crippen LogP contribution in [-0.4, -0.2) is 29.4 Å².